The van der Waals surface area contributed by atoms with E-state index in [1.165, 1.54) is 5.56 Å². The van der Waals surface area contributed by atoms with Gasteiger partial charge in [-0.05, 0) is 42.8 Å². The molecule has 29 heavy (non-hydrogen) atoms. The van der Waals surface area contributed by atoms with Crippen LogP contribution in [0.15, 0.2) is 79.1 Å². The van der Waals surface area contributed by atoms with E-state index in [1.807, 2.05) is 59.2 Å². The molecule has 5 heteroatoms. The fourth-order valence-electron chi connectivity index (χ4n) is 3.52. The molecular weight excluding hydrogens is 360 g/mol. The summed E-state index contributed by atoms with van der Waals surface area (Å²) in [5, 5.41) is 5.92. The van der Waals surface area contributed by atoms with Crippen molar-refractivity contribution in [3.63, 3.8) is 0 Å². The number of rotatable bonds is 4. The summed E-state index contributed by atoms with van der Waals surface area (Å²) in [4.78, 5) is 20.4. The molecule has 0 aliphatic carbocycles. The Morgan fingerprint density at radius 2 is 1.83 bits per heavy atom. The van der Waals surface area contributed by atoms with Gasteiger partial charge in [-0.1, -0.05) is 36.4 Å². The first kappa shape index (κ1) is 17.3. The maximum Gasteiger partial charge on any atom is 0.159 e. The van der Waals surface area contributed by atoms with Crippen LogP contribution in [0.25, 0.3) is 27.8 Å². The third-order valence-corrected chi connectivity index (χ3v) is 5.07. The Hall–Kier alpha value is -3.86. The maximum atomic E-state index is 11.5. The second kappa shape index (κ2) is 6.95. The molecule has 0 amide bonds. The molecule has 0 N–H and O–H groups in total. The first-order valence-electron chi connectivity index (χ1n) is 9.46. The highest BCUT2D eigenvalue weighted by Crippen LogP contribution is 2.21. The number of pyridine rings is 1. The Morgan fingerprint density at radius 3 is 2.66 bits per heavy atom. The molecule has 3 aromatic heterocycles. The van der Waals surface area contributed by atoms with Gasteiger partial charge < -0.3 is 0 Å². The van der Waals surface area contributed by atoms with Crippen molar-refractivity contribution in [3.05, 3.63) is 95.9 Å². The average molecular weight is 378 g/mol. The Kier molecular flexibility index (Phi) is 4.13. The number of benzene rings is 2. The summed E-state index contributed by atoms with van der Waals surface area (Å²) in [5.74, 6) is 0.0578. The van der Waals surface area contributed by atoms with Crippen LogP contribution in [0.3, 0.4) is 0 Å². The SMILES string of the molecule is CC(=O)c1ccc(-c2ccc3ncc(Cc4ccc5ncccc5c4)n3n2)cc1. The number of aromatic nitrogens is 4. The summed E-state index contributed by atoms with van der Waals surface area (Å²) >= 11 is 0. The molecule has 5 nitrogen and oxygen atoms in total. The number of hydrogen-bond acceptors (Lipinski definition) is 4. The number of carbonyl (C=O) groups excluding carboxylic acids is 1. The lowest BCUT2D eigenvalue weighted by Gasteiger charge is -2.06. The molecule has 0 fully saturated rings. The molecule has 3 heterocycles. The first-order chi connectivity index (χ1) is 14.2. The summed E-state index contributed by atoms with van der Waals surface area (Å²) < 4.78 is 1.89. The zero-order valence-electron chi connectivity index (χ0n) is 15.9. The predicted octanol–water partition coefficient (Wildman–Crippen LogP) is 4.74. The number of Topliss-reactive ketones (excluding diaryl/α,β-unsaturated/α-hetero) is 1. The van der Waals surface area contributed by atoms with Gasteiger partial charge in [0.2, 0.25) is 0 Å². The summed E-state index contributed by atoms with van der Waals surface area (Å²) in [5.41, 5.74) is 6.51. The number of ketones is 1. The van der Waals surface area contributed by atoms with E-state index in [-0.39, 0.29) is 5.78 Å². The molecule has 2 aromatic carbocycles. The van der Waals surface area contributed by atoms with Gasteiger partial charge in [-0.3, -0.25) is 9.78 Å². The van der Waals surface area contributed by atoms with Crippen molar-refractivity contribution < 1.29 is 4.79 Å². The van der Waals surface area contributed by atoms with Crippen LogP contribution < -0.4 is 0 Å². The fourth-order valence-corrected chi connectivity index (χ4v) is 3.52. The third kappa shape index (κ3) is 3.27. The van der Waals surface area contributed by atoms with Gasteiger partial charge >= 0.3 is 0 Å². The van der Waals surface area contributed by atoms with Gasteiger partial charge in [-0.15, -0.1) is 0 Å². The summed E-state index contributed by atoms with van der Waals surface area (Å²) in [6.07, 6.45) is 4.41. The molecule has 0 aliphatic heterocycles. The van der Waals surface area contributed by atoms with Crippen LogP contribution in [0.5, 0.6) is 0 Å². The molecule has 0 saturated heterocycles. The summed E-state index contributed by atoms with van der Waals surface area (Å²) in [6, 6.07) is 21.8. The first-order valence-corrected chi connectivity index (χ1v) is 9.46. The fraction of sp³-hybridized carbons (Fsp3) is 0.0833. The quantitative estimate of drug-likeness (QED) is 0.424. The maximum absolute atomic E-state index is 11.5. The average Bonchev–Trinajstić information content (AvgIpc) is 3.15. The molecule has 0 radical (unpaired) electrons. The van der Waals surface area contributed by atoms with E-state index in [0.29, 0.717) is 5.56 Å². The Bertz CT molecular complexity index is 1350. The minimum absolute atomic E-state index is 0.0578. The number of imidazole rings is 1. The Labute approximate surface area is 167 Å². The van der Waals surface area contributed by atoms with Gasteiger partial charge in [0.25, 0.3) is 0 Å². The second-order valence-corrected chi connectivity index (χ2v) is 7.08. The number of carbonyl (C=O) groups is 1. The molecular formula is C24H18N4O. The van der Waals surface area contributed by atoms with Crippen molar-refractivity contribution in [2.45, 2.75) is 13.3 Å². The zero-order chi connectivity index (χ0) is 19.8. The molecule has 0 saturated carbocycles. The minimum Gasteiger partial charge on any atom is -0.295 e. The van der Waals surface area contributed by atoms with Gasteiger partial charge in [0, 0.05) is 29.1 Å². The van der Waals surface area contributed by atoms with Gasteiger partial charge in [0.15, 0.2) is 11.4 Å². The van der Waals surface area contributed by atoms with Crippen LogP contribution in [0.4, 0.5) is 0 Å². The molecule has 140 valence electrons. The molecule has 0 spiro atoms. The predicted molar refractivity (Wildman–Crippen MR) is 113 cm³/mol. The Morgan fingerprint density at radius 1 is 0.966 bits per heavy atom. The standard InChI is InChI=1S/C24H18N4O/c1-16(29)18-5-7-19(8-6-18)23-10-11-24-26-15-21(28(24)27-23)14-17-4-9-22-20(13-17)3-2-12-25-22/h2-13,15H,14H2,1H3. The van der Waals surface area contributed by atoms with Crippen molar-refractivity contribution in [2.75, 3.05) is 0 Å². The topological polar surface area (TPSA) is 60.2 Å². The van der Waals surface area contributed by atoms with E-state index in [2.05, 4.69) is 28.2 Å². The van der Waals surface area contributed by atoms with E-state index < -0.39 is 0 Å². The zero-order valence-corrected chi connectivity index (χ0v) is 15.9. The van der Waals surface area contributed by atoms with Crippen molar-refractivity contribution in [2.24, 2.45) is 0 Å². The number of hydrogen-bond donors (Lipinski definition) is 0. The van der Waals surface area contributed by atoms with Crippen LogP contribution in [-0.4, -0.2) is 25.4 Å². The van der Waals surface area contributed by atoms with E-state index in [4.69, 9.17) is 5.10 Å². The smallest absolute Gasteiger partial charge is 0.159 e. The molecule has 0 atom stereocenters. The van der Waals surface area contributed by atoms with E-state index in [1.54, 1.807) is 13.1 Å². The highest BCUT2D eigenvalue weighted by atomic mass is 16.1. The lowest BCUT2D eigenvalue weighted by atomic mass is 10.1. The third-order valence-electron chi connectivity index (χ3n) is 5.07. The van der Waals surface area contributed by atoms with E-state index in [0.717, 1.165) is 39.9 Å². The molecule has 0 bridgehead atoms. The minimum atomic E-state index is 0.0578. The van der Waals surface area contributed by atoms with Gasteiger partial charge in [-0.25, -0.2) is 9.50 Å². The van der Waals surface area contributed by atoms with E-state index in [9.17, 15) is 4.79 Å². The number of nitrogens with zero attached hydrogens (tertiary/aromatic N) is 4. The van der Waals surface area contributed by atoms with Gasteiger partial charge in [0.05, 0.1) is 23.1 Å². The van der Waals surface area contributed by atoms with Crippen molar-refractivity contribution in [1.82, 2.24) is 19.6 Å². The van der Waals surface area contributed by atoms with Crippen LogP contribution in [-0.2, 0) is 6.42 Å². The van der Waals surface area contributed by atoms with Gasteiger partial charge in [-0.2, -0.15) is 5.10 Å². The van der Waals surface area contributed by atoms with Crippen LogP contribution in [0.1, 0.15) is 28.5 Å². The van der Waals surface area contributed by atoms with Crippen LogP contribution in [0.2, 0.25) is 0 Å². The lowest BCUT2D eigenvalue weighted by Crippen LogP contribution is -2.00. The van der Waals surface area contributed by atoms with E-state index >= 15 is 0 Å². The highest BCUT2D eigenvalue weighted by Gasteiger charge is 2.09. The summed E-state index contributed by atoms with van der Waals surface area (Å²) in [6.45, 7) is 1.57. The van der Waals surface area contributed by atoms with Crippen molar-refractivity contribution in [3.8, 4) is 11.3 Å². The monoisotopic (exact) mass is 378 g/mol. The largest absolute Gasteiger partial charge is 0.295 e. The molecule has 0 unspecified atom stereocenters. The summed E-state index contributed by atoms with van der Waals surface area (Å²) in [7, 11) is 0. The lowest BCUT2D eigenvalue weighted by molar-refractivity contribution is 0.101. The normalized spacial score (nSPS) is 11.2. The van der Waals surface area contributed by atoms with Gasteiger partial charge in [0.1, 0.15) is 0 Å². The van der Waals surface area contributed by atoms with Crippen LogP contribution in [0, 0.1) is 0 Å². The Balaban J connectivity index is 1.51. The second-order valence-electron chi connectivity index (χ2n) is 7.08. The van der Waals surface area contributed by atoms with Crippen molar-refractivity contribution in [1.29, 1.82) is 0 Å². The highest BCUT2D eigenvalue weighted by molar-refractivity contribution is 5.94. The van der Waals surface area contributed by atoms with Crippen molar-refractivity contribution >= 4 is 22.3 Å². The molecule has 5 aromatic rings. The van der Waals surface area contributed by atoms with Crippen LogP contribution >= 0.6 is 0 Å². The molecule has 5 rings (SSSR count). The molecule has 0 aliphatic rings. The number of fused-ring (bicyclic) bond motifs is 2.